The third-order valence-corrected chi connectivity index (χ3v) is 4.03. The van der Waals surface area contributed by atoms with E-state index in [1.807, 2.05) is 17.2 Å². The van der Waals surface area contributed by atoms with Crippen molar-refractivity contribution in [3.63, 3.8) is 0 Å². The van der Waals surface area contributed by atoms with Crippen molar-refractivity contribution in [3.8, 4) is 0 Å². The molecule has 0 aromatic carbocycles. The maximum atomic E-state index is 11.4. The fraction of sp³-hybridized carbons (Fsp3) is 0.643. The molecule has 1 fully saturated rings. The van der Waals surface area contributed by atoms with E-state index in [2.05, 4.69) is 27.1 Å². The number of piperazine rings is 1. The van der Waals surface area contributed by atoms with Crippen LogP contribution in [0.3, 0.4) is 0 Å². The Bertz CT molecular complexity index is 488. The van der Waals surface area contributed by atoms with Gasteiger partial charge in [-0.2, -0.15) is 0 Å². The second-order valence-electron chi connectivity index (χ2n) is 5.02. The van der Waals surface area contributed by atoms with Crippen LogP contribution in [0.1, 0.15) is 20.3 Å². The van der Waals surface area contributed by atoms with Crippen LogP contribution in [-0.4, -0.2) is 59.8 Å². The molecule has 1 N–H and O–H groups in total. The Morgan fingerprint density at radius 2 is 2.05 bits per heavy atom. The first-order chi connectivity index (χ1) is 10.1. The Kier molecular flexibility index (Phi) is 5.67. The minimum absolute atomic E-state index is 0.146. The van der Waals surface area contributed by atoms with Gasteiger partial charge in [0.25, 0.3) is 0 Å². The smallest absolute Gasteiger partial charge is 0.219 e. The third kappa shape index (κ3) is 4.23. The van der Waals surface area contributed by atoms with Crippen LogP contribution < -0.4 is 10.2 Å². The molecule has 2 rings (SSSR count). The summed E-state index contributed by atoms with van der Waals surface area (Å²) >= 11 is 1.55. The van der Waals surface area contributed by atoms with Crippen molar-refractivity contribution in [3.05, 3.63) is 6.07 Å². The van der Waals surface area contributed by atoms with E-state index in [1.165, 1.54) is 0 Å². The molecule has 1 aromatic heterocycles. The molecule has 1 aliphatic heterocycles. The van der Waals surface area contributed by atoms with Crippen molar-refractivity contribution in [2.45, 2.75) is 25.4 Å². The Morgan fingerprint density at radius 1 is 1.33 bits per heavy atom. The Balaban J connectivity index is 2.10. The lowest BCUT2D eigenvalue weighted by Gasteiger charge is -2.35. The summed E-state index contributed by atoms with van der Waals surface area (Å²) < 4.78 is 0. The van der Waals surface area contributed by atoms with E-state index in [9.17, 15) is 4.79 Å². The van der Waals surface area contributed by atoms with Gasteiger partial charge < -0.3 is 15.1 Å². The molecule has 1 saturated heterocycles. The average Bonchev–Trinajstić information content (AvgIpc) is 2.52. The van der Waals surface area contributed by atoms with E-state index in [1.54, 1.807) is 18.7 Å². The lowest BCUT2D eigenvalue weighted by atomic mass is 10.3. The number of carbonyl (C=O) groups is 1. The average molecular weight is 309 g/mol. The number of thioether (sulfide) groups is 1. The van der Waals surface area contributed by atoms with Crippen LogP contribution in [0, 0.1) is 0 Å². The lowest BCUT2D eigenvalue weighted by Crippen LogP contribution is -2.48. The molecular weight excluding hydrogens is 286 g/mol. The van der Waals surface area contributed by atoms with Crippen molar-refractivity contribution in [2.24, 2.45) is 0 Å². The summed E-state index contributed by atoms with van der Waals surface area (Å²) in [4.78, 5) is 24.5. The summed E-state index contributed by atoms with van der Waals surface area (Å²) in [6.07, 6.45) is 3.04. The Morgan fingerprint density at radius 3 is 2.62 bits per heavy atom. The summed E-state index contributed by atoms with van der Waals surface area (Å²) in [5.41, 5.74) is 0. The second kappa shape index (κ2) is 7.49. The molecule has 1 aliphatic rings. The first-order valence-electron chi connectivity index (χ1n) is 7.31. The van der Waals surface area contributed by atoms with E-state index < -0.39 is 0 Å². The first kappa shape index (κ1) is 15.9. The summed E-state index contributed by atoms with van der Waals surface area (Å²) in [5, 5.41) is 4.10. The third-order valence-electron chi connectivity index (χ3n) is 3.48. The van der Waals surface area contributed by atoms with Crippen LogP contribution in [0.15, 0.2) is 11.2 Å². The van der Waals surface area contributed by atoms with Crippen molar-refractivity contribution < 1.29 is 4.79 Å². The number of aromatic nitrogens is 2. The zero-order valence-corrected chi connectivity index (χ0v) is 13.7. The van der Waals surface area contributed by atoms with E-state index in [0.717, 1.165) is 55.9 Å². The highest BCUT2D eigenvalue weighted by molar-refractivity contribution is 7.98. The van der Waals surface area contributed by atoms with Crippen LogP contribution >= 0.6 is 11.8 Å². The van der Waals surface area contributed by atoms with Gasteiger partial charge in [0.1, 0.15) is 11.6 Å². The highest BCUT2D eigenvalue weighted by Gasteiger charge is 2.20. The van der Waals surface area contributed by atoms with Gasteiger partial charge in [-0.05, 0) is 12.7 Å². The number of rotatable bonds is 5. The minimum atomic E-state index is 0.146. The van der Waals surface area contributed by atoms with Gasteiger partial charge in [0.15, 0.2) is 5.16 Å². The van der Waals surface area contributed by atoms with Crippen LogP contribution in [0.4, 0.5) is 11.6 Å². The molecule has 0 bridgehead atoms. The zero-order valence-electron chi connectivity index (χ0n) is 12.9. The molecule has 6 nitrogen and oxygen atoms in total. The fourth-order valence-corrected chi connectivity index (χ4v) is 2.63. The molecule has 116 valence electrons. The van der Waals surface area contributed by atoms with Gasteiger partial charge in [0.05, 0.1) is 0 Å². The van der Waals surface area contributed by atoms with Gasteiger partial charge in [-0.1, -0.05) is 18.7 Å². The molecule has 1 amide bonds. The monoisotopic (exact) mass is 309 g/mol. The van der Waals surface area contributed by atoms with Gasteiger partial charge in [-0.3, -0.25) is 4.79 Å². The van der Waals surface area contributed by atoms with Crippen molar-refractivity contribution in [1.82, 2.24) is 14.9 Å². The van der Waals surface area contributed by atoms with Crippen molar-refractivity contribution >= 4 is 29.3 Å². The Labute approximate surface area is 130 Å². The Hall–Kier alpha value is -1.50. The molecule has 0 aliphatic carbocycles. The standard InChI is InChI=1S/C14H23N5OS/c1-4-5-15-12-10-13(17-14(16-12)21-3)19-8-6-18(7-9-19)11(2)20/h10H,4-9H2,1-3H3,(H,15,16,17). The minimum Gasteiger partial charge on any atom is -0.370 e. The van der Waals surface area contributed by atoms with E-state index >= 15 is 0 Å². The molecule has 0 saturated carbocycles. The predicted octanol–water partition coefficient (Wildman–Crippen LogP) is 1.69. The summed E-state index contributed by atoms with van der Waals surface area (Å²) in [7, 11) is 0. The summed E-state index contributed by atoms with van der Waals surface area (Å²) in [5.74, 6) is 1.96. The highest BCUT2D eigenvalue weighted by atomic mass is 32.2. The number of anilines is 2. The van der Waals surface area contributed by atoms with Gasteiger partial charge >= 0.3 is 0 Å². The largest absolute Gasteiger partial charge is 0.370 e. The molecule has 0 spiro atoms. The van der Waals surface area contributed by atoms with Gasteiger partial charge in [-0.25, -0.2) is 9.97 Å². The SMILES string of the molecule is CCCNc1cc(N2CCN(C(C)=O)CC2)nc(SC)n1. The summed E-state index contributed by atoms with van der Waals surface area (Å²) in [6, 6.07) is 2.00. The predicted molar refractivity (Wildman–Crippen MR) is 87.1 cm³/mol. The molecule has 1 aromatic rings. The van der Waals surface area contributed by atoms with Gasteiger partial charge in [-0.15, -0.1) is 0 Å². The number of hydrogen-bond donors (Lipinski definition) is 1. The molecular formula is C14H23N5OS. The van der Waals surface area contributed by atoms with Crippen molar-refractivity contribution in [2.75, 3.05) is 49.2 Å². The first-order valence-corrected chi connectivity index (χ1v) is 8.54. The lowest BCUT2D eigenvalue weighted by molar-refractivity contribution is -0.129. The number of amides is 1. The number of hydrogen-bond acceptors (Lipinski definition) is 6. The van der Waals surface area contributed by atoms with Crippen LogP contribution in [0.5, 0.6) is 0 Å². The molecule has 0 atom stereocenters. The van der Waals surface area contributed by atoms with Crippen LogP contribution in [0.2, 0.25) is 0 Å². The van der Waals surface area contributed by atoms with E-state index in [0.29, 0.717) is 0 Å². The van der Waals surface area contributed by atoms with Gasteiger partial charge in [0.2, 0.25) is 5.91 Å². The maximum absolute atomic E-state index is 11.4. The fourth-order valence-electron chi connectivity index (χ4n) is 2.26. The molecule has 2 heterocycles. The van der Waals surface area contributed by atoms with E-state index in [4.69, 9.17) is 0 Å². The number of nitrogens with one attached hydrogen (secondary N) is 1. The molecule has 0 unspecified atom stereocenters. The molecule has 21 heavy (non-hydrogen) atoms. The van der Waals surface area contributed by atoms with Gasteiger partial charge in [0, 0.05) is 45.7 Å². The topological polar surface area (TPSA) is 61.4 Å². The summed E-state index contributed by atoms with van der Waals surface area (Å²) in [6.45, 7) is 7.81. The van der Waals surface area contributed by atoms with E-state index in [-0.39, 0.29) is 5.91 Å². The van der Waals surface area contributed by atoms with Crippen LogP contribution in [-0.2, 0) is 4.79 Å². The number of carbonyl (C=O) groups excluding carboxylic acids is 1. The zero-order chi connectivity index (χ0) is 15.2. The second-order valence-corrected chi connectivity index (χ2v) is 5.79. The van der Waals surface area contributed by atoms with Crippen molar-refractivity contribution in [1.29, 1.82) is 0 Å². The highest BCUT2D eigenvalue weighted by Crippen LogP contribution is 2.21. The molecule has 7 heteroatoms. The normalized spacial score (nSPS) is 15.2. The number of nitrogens with zero attached hydrogens (tertiary/aromatic N) is 4. The molecule has 0 radical (unpaired) electrons. The maximum Gasteiger partial charge on any atom is 0.219 e. The quantitative estimate of drug-likeness (QED) is 0.660. The van der Waals surface area contributed by atoms with Crippen LogP contribution in [0.25, 0.3) is 0 Å².